The molecule has 1 rings (SSSR count). The first kappa shape index (κ1) is 9.89. The highest BCUT2D eigenvalue weighted by atomic mass is 16.1. The van der Waals surface area contributed by atoms with Gasteiger partial charge in [-0.15, -0.1) is 0 Å². The number of aromatic nitrogens is 3. The second-order valence-electron chi connectivity index (χ2n) is 3.41. The maximum atomic E-state index is 10.9. The minimum Gasteiger partial charge on any atom is -0.300 e. The van der Waals surface area contributed by atoms with E-state index in [9.17, 15) is 4.79 Å². The molecule has 0 bridgehead atoms. The molecule has 0 saturated heterocycles. The first-order valence-corrected chi connectivity index (χ1v) is 4.40. The van der Waals surface area contributed by atoms with E-state index in [0.29, 0.717) is 6.42 Å². The second-order valence-corrected chi connectivity index (χ2v) is 3.41. The molecular formula is C9H15N3O. The summed E-state index contributed by atoms with van der Waals surface area (Å²) in [6, 6.07) is 0.110. The van der Waals surface area contributed by atoms with Crippen LogP contribution in [0.15, 0.2) is 0 Å². The van der Waals surface area contributed by atoms with Gasteiger partial charge in [0, 0.05) is 6.42 Å². The van der Waals surface area contributed by atoms with Crippen LogP contribution in [0.5, 0.6) is 0 Å². The standard InChI is InChI=1S/C9H15N3O/c1-6(5-7(2)13)12-9(4)10-8(3)11-12/h6H,5H2,1-4H3. The van der Waals surface area contributed by atoms with Crippen molar-refractivity contribution in [3.05, 3.63) is 11.6 Å². The second kappa shape index (κ2) is 3.68. The number of carbonyl (C=O) groups is 1. The van der Waals surface area contributed by atoms with E-state index in [-0.39, 0.29) is 11.8 Å². The number of aryl methyl sites for hydroxylation is 2. The third-order valence-electron chi connectivity index (χ3n) is 1.91. The molecule has 4 nitrogen and oxygen atoms in total. The minimum atomic E-state index is 0.110. The van der Waals surface area contributed by atoms with Gasteiger partial charge in [0.05, 0.1) is 6.04 Å². The lowest BCUT2D eigenvalue weighted by atomic mass is 10.2. The fourth-order valence-electron chi connectivity index (χ4n) is 1.46. The molecule has 1 atom stereocenters. The lowest BCUT2D eigenvalue weighted by Gasteiger charge is -2.10. The number of ketones is 1. The average Bonchev–Trinajstić information content (AvgIpc) is 2.28. The molecule has 13 heavy (non-hydrogen) atoms. The zero-order chi connectivity index (χ0) is 10.0. The number of nitrogens with zero attached hydrogens (tertiary/aromatic N) is 3. The molecule has 0 aromatic carbocycles. The van der Waals surface area contributed by atoms with E-state index in [1.165, 1.54) is 0 Å². The van der Waals surface area contributed by atoms with Crippen LogP contribution in [0.4, 0.5) is 0 Å². The molecule has 1 heterocycles. The van der Waals surface area contributed by atoms with Gasteiger partial charge in [0.2, 0.25) is 0 Å². The van der Waals surface area contributed by atoms with E-state index in [1.54, 1.807) is 11.6 Å². The van der Waals surface area contributed by atoms with Crippen LogP contribution < -0.4 is 0 Å². The summed E-state index contributed by atoms with van der Waals surface area (Å²) in [4.78, 5) is 15.1. The number of hydrogen-bond acceptors (Lipinski definition) is 3. The third-order valence-corrected chi connectivity index (χ3v) is 1.91. The van der Waals surface area contributed by atoms with E-state index < -0.39 is 0 Å². The topological polar surface area (TPSA) is 47.8 Å². The van der Waals surface area contributed by atoms with Crippen LogP contribution in [-0.2, 0) is 4.79 Å². The van der Waals surface area contributed by atoms with Crippen LogP contribution in [-0.4, -0.2) is 20.5 Å². The van der Waals surface area contributed by atoms with Crippen molar-refractivity contribution in [1.29, 1.82) is 0 Å². The van der Waals surface area contributed by atoms with Crippen LogP contribution in [0.3, 0.4) is 0 Å². The van der Waals surface area contributed by atoms with E-state index in [4.69, 9.17) is 0 Å². The summed E-state index contributed by atoms with van der Waals surface area (Å²) in [7, 11) is 0. The van der Waals surface area contributed by atoms with Crippen LogP contribution in [0.2, 0.25) is 0 Å². The van der Waals surface area contributed by atoms with Gasteiger partial charge >= 0.3 is 0 Å². The number of rotatable bonds is 3. The lowest BCUT2D eigenvalue weighted by Crippen LogP contribution is -2.12. The molecule has 1 unspecified atom stereocenters. The van der Waals surface area contributed by atoms with Crippen LogP contribution in [0, 0.1) is 13.8 Å². The molecule has 1 aromatic rings. The van der Waals surface area contributed by atoms with Gasteiger partial charge < -0.3 is 0 Å². The summed E-state index contributed by atoms with van der Waals surface area (Å²) in [6.45, 7) is 7.32. The lowest BCUT2D eigenvalue weighted by molar-refractivity contribution is -0.117. The van der Waals surface area contributed by atoms with E-state index in [2.05, 4.69) is 10.1 Å². The maximum Gasteiger partial charge on any atom is 0.147 e. The fourth-order valence-corrected chi connectivity index (χ4v) is 1.46. The smallest absolute Gasteiger partial charge is 0.147 e. The predicted octanol–water partition coefficient (Wildman–Crippen LogP) is 1.44. The normalized spacial score (nSPS) is 12.9. The van der Waals surface area contributed by atoms with Crippen molar-refractivity contribution >= 4 is 5.78 Å². The summed E-state index contributed by atoms with van der Waals surface area (Å²) >= 11 is 0. The summed E-state index contributed by atoms with van der Waals surface area (Å²) in [5, 5.41) is 4.22. The highest BCUT2D eigenvalue weighted by molar-refractivity contribution is 5.75. The molecule has 0 N–H and O–H groups in total. The molecular weight excluding hydrogens is 166 g/mol. The Morgan fingerprint density at radius 2 is 2.15 bits per heavy atom. The molecule has 0 saturated carbocycles. The van der Waals surface area contributed by atoms with Crippen molar-refractivity contribution in [3.8, 4) is 0 Å². The third kappa shape index (κ3) is 2.37. The SMILES string of the molecule is CC(=O)CC(C)n1nc(C)nc1C. The zero-order valence-corrected chi connectivity index (χ0v) is 8.53. The molecule has 0 aliphatic carbocycles. The maximum absolute atomic E-state index is 10.9. The van der Waals surface area contributed by atoms with Gasteiger partial charge in [-0.05, 0) is 27.7 Å². The van der Waals surface area contributed by atoms with Gasteiger partial charge in [0.25, 0.3) is 0 Å². The molecule has 1 aromatic heterocycles. The van der Waals surface area contributed by atoms with Crippen molar-refractivity contribution in [1.82, 2.24) is 14.8 Å². The van der Waals surface area contributed by atoms with Gasteiger partial charge in [0.1, 0.15) is 17.4 Å². The Bertz CT molecular complexity index is 317. The Hall–Kier alpha value is -1.19. The number of Topliss-reactive ketones (excluding diaryl/α,β-unsaturated/α-hetero) is 1. The van der Waals surface area contributed by atoms with Crippen molar-refractivity contribution in [2.24, 2.45) is 0 Å². The summed E-state index contributed by atoms with van der Waals surface area (Å²) < 4.78 is 1.80. The average molecular weight is 181 g/mol. The Labute approximate surface area is 78.0 Å². The van der Waals surface area contributed by atoms with Crippen LogP contribution in [0.1, 0.15) is 38.0 Å². The quantitative estimate of drug-likeness (QED) is 0.708. The summed E-state index contributed by atoms with van der Waals surface area (Å²) in [5.74, 6) is 1.80. The Morgan fingerprint density at radius 1 is 1.54 bits per heavy atom. The molecule has 0 aliphatic rings. The molecule has 4 heteroatoms. The van der Waals surface area contributed by atoms with Gasteiger partial charge in [0.15, 0.2) is 0 Å². The van der Waals surface area contributed by atoms with Gasteiger partial charge in [-0.3, -0.25) is 4.79 Å². The predicted molar refractivity (Wildman–Crippen MR) is 49.5 cm³/mol. The van der Waals surface area contributed by atoms with E-state index in [1.807, 2.05) is 20.8 Å². The highest BCUT2D eigenvalue weighted by Gasteiger charge is 2.11. The van der Waals surface area contributed by atoms with Crippen molar-refractivity contribution in [3.63, 3.8) is 0 Å². The van der Waals surface area contributed by atoms with Crippen LogP contribution >= 0.6 is 0 Å². The molecule has 0 aliphatic heterocycles. The van der Waals surface area contributed by atoms with Crippen molar-refractivity contribution in [2.45, 2.75) is 40.2 Å². The Balaban J connectivity index is 2.81. The van der Waals surface area contributed by atoms with Gasteiger partial charge in [-0.25, -0.2) is 9.67 Å². The summed E-state index contributed by atoms with van der Waals surface area (Å²) in [5.41, 5.74) is 0. The fraction of sp³-hybridized carbons (Fsp3) is 0.667. The molecule has 0 fully saturated rings. The zero-order valence-electron chi connectivity index (χ0n) is 8.53. The molecule has 0 spiro atoms. The van der Waals surface area contributed by atoms with Gasteiger partial charge in [-0.1, -0.05) is 0 Å². The van der Waals surface area contributed by atoms with Crippen LogP contribution in [0.25, 0.3) is 0 Å². The number of carbonyl (C=O) groups excluding carboxylic acids is 1. The Kier molecular flexibility index (Phi) is 2.80. The molecule has 0 radical (unpaired) electrons. The van der Waals surface area contributed by atoms with Crippen molar-refractivity contribution < 1.29 is 4.79 Å². The Morgan fingerprint density at radius 3 is 2.54 bits per heavy atom. The van der Waals surface area contributed by atoms with E-state index in [0.717, 1.165) is 11.6 Å². The van der Waals surface area contributed by atoms with Crippen molar-refractivity contribution in [2.75, 3.05) is 0 Å². The monoisotopic (exact) mass is 181 g/mol. The summed E-state index contributed by atoms with van der Waals surface area (Å²) in [6.07, 6.45) is 0.518. The minimum absolute atomic E-state index is 0.110. The highest BCUT2D eigenvalue weighted by Crippen LogP contribution is 2.11. The largest absolute Gasteiger partial charge is 0.300 e. The van der Waals surface area contributed by atoms with E-state index >= 15 is 0 Å². The molecule has 0 amide bonds. The first-order valence-electron chi connectivity index (χ1n) is 4.40. The molecule has 72 valence electrons. The van der Waals surface area contributed by atoms with Gasteiger partial charge in [-0.2, -0.15) is 5.10 Å². The number of hydrogen-bond donors (Lipinski definition) is 0. The first-order chi connectivity index (χ1) is 6.00.